The fraction of sp³-hybridized carbons (Fsp3) is 0.462. The largest absolute Gasteiger partial charge is 0.469 e. The summed E-state index contributed by atoms with van der Waals surface area (Å²) in [6, 6.07) is 1.74. The van der Waals surface area contributed by atoms with Crippen LogP contribution in [0.5, 0.6) is 0 Å². The lowest BCUT2D eigenvalue weighted by Crippen LogP contribution is -2.12. The van der Waals surface area contributed by atoms with E-state index in [-0.39, 0.29) is 12.4 Å². The zero-order chi connectivity index (χ0) is 15.5. The Hall–Kier alpha value is -1.60. The second kappa shape index (κ2) is 6.23. The van der Waals surface area contributed by atoms with Gasteiger partial charge in [-0.25, -0.2) is 0 Å². The molecule has 0 heterocycles. The molecule has 0 aliphatic heterocycles. The van der Waals surface area contributed by atoms with Crippen molar-refractivity contribution in [3.05, 3.63) is 28.3 Å². The van der Waals surface area contributed by atoms with E-state index < -0.39 is 15.9 Å². The Morgan fingerprint density at radius 3 is 2.45 bits per heavy atom. The topological polar surface area (TPSA) is 92.7 Å². The van der Waals surface area contributed by atoms with Crippen LogP contribution in [-0.4, -0.2) is 33.1 Å². The standard InChI is InChI=1S/C13H19NO5S/c1-8-5-10(6-12(15)19-4)9(2)13(14-3)11(8)7-20(16,17)18/h5,14H,6-7H2,1-4H3,(H,16,17,18). The second-order valence-electron chi connectivity index (χ2n) is 4.56. The van der Waals surface area contributed by atoms with Gasteiger partial charge in [0.2, 0.25) is 0 Å². The molecule has 0 aliphatic rings. The molecule has 2 N–H and O–H groups in total. The number of aryl methyl sites for hydroxylation is 1. The highest BCUT2D eigenvalue weighted by atomic mass is 32.2. The van der Waals surface area contributed by atoms with Gasteiger partial charge in [-0.2, -0.15) is 8.42 Å². The Labute approximate surface area is 118 Å². The van der Waals surface area contributed by atoms with E-state index in [0.717, 1.165) is 11.1 Å². The number of nitrogens with one attached hydrogen (secondary N) is 1. The van der Waals surface area contributed by atoms with Crippen molar-refractivity contribution in [2.45, 2.75) is 26.0 Å². The van der Waals surface area contributed by atoms with E-state index in [2.05, 4.69) is 10.1 Å². The monoisotopic (exact) mass is 301 g/mol. The van der Waals surface area contributed by atoms with Gasteiger partial charge in [-0.3, -0.25) is 9.35 Å². The predicted molar refractivity (Wildman–Crippen MR) is 76.4 cm³/mol. The molecule has 0 amide bonds. The smallest absolute Gasteiger partial charge is 0.309 e. The highest BCUT2D eigenvalue weighted by molar-refractivity contribution is 7.85. The van der Waals surface area contributed by atoms with Crippen LogP contribution in [0.15, 0.2) is 6.07 Å². The fourth-order valence-electron chi connectivity index (χ4n) is 2.16. The first kappa shape index (κ1) is 16.5. The Morgan fingerprint density at radius 2 is 2.00 bits per heavy atom. The molecule has 0 spiro atoms. The van der Waals surface area contributed by atoms with Crippen molar-refractivity contribution in [1.29, 1.82) is 0 Å². The third kappa shape index (κ3) is 3.94. The van der Waals surface area contributed by atoms with Crippen molar-refractivity contribution >= 4 is 21.8 Å². The quantitative estimate of drug-likeness (QED) is 0.631. The predicted octanol–water partition coefficient (Wildman–Crippen LogP) is 1.45. The van der Waals surface area contributed by atoms with Crippen LogP contribution < -0.4 is 5.32 Å². The average molecular weight is 301 g/mol. The minimum atomic E-state index is -4.12. The van der Waals surface area contributed by atoms with Crippen molar-refractivity contribution in [3.8, 4) is 0 Å². The lowest BCUT2D eigenvalue weighted by Gasteiger charge is -2.18. The van der Waals surface area contributed by atoms with E-state index in [9.17, 15) is 13.2 Å². The zero-order valence-corrected chi connectivity index (χ0v) is 12.8. The molecular weight excluding hydrogens is 282 g/mol. The summed E-state index contributed by atoms with van der Waals surface area (Å²) in [6.07, 6.45) is 0.115. The summed E-state index contributed by atoms with van der Waals surface area (Å²) in [5.74, 6) is -0.828. The first-order valence-corrected chi connectivity index (χ1v) is 7.62. The molecule has 0 saturated heterocycles. The van der Waals surface area contributed by atoms with Crippen molar-refractivity contribution in [1.82, 2.24) is 0 Å². The molecule has 6 nitrogen and oxygen atoms in total. The number of carbonyl (C=O) groups is 1. The molecule has 112 valence electrons. The van der Waals surface area contributed by atoms with Crippen LogP contribution >= 0.6 is 0 Å². The van der Waals surface area contributed by atoms with Crippen LogP contribution in [0.3, 0.4) is 0 Å². The van der Waals surface area contributed by atoms with Crippen LogP contribution in [0, 0.1) is 13.8 Å². The summed E-state index contributed by atoms with van der Waals surface area (Å²) < 4.78 is 35.9. The van der Waals surface area contributed by atoms with Gasteiger partial charge < -0.3 is 10.1 Å². The van der Waals surface area contributed by atoms with Crippen LogP contribution in [0.4, 0.5) is 5.69 Å². The third-order valence-electron chi connectivity index (χ3n) is 3.16. The maximum absolute atomic E-state index is 11.4. The van der Waals surface area contributed by atoms with Gasteiger partial charge in [0, 0.05) is 12.7 Å². The summed E-state index contributed by atoms with van der Waals surface area (Å²) in [6.45, 7) is 3.53. The minimum Gasteiger partial charge on any atom is -0.469 e. The molecule has 0 aromatic heterocycles. The van der Waals surface area contributed by atoms with Gasteiger partial charge in [0.1, 0.15) is 5.75 Å². The van der Waals surface area contributed by atoms with Crippen molar-refractivity contribution in [3.63, 3.8) is 0 Å². The third-order valence-corrected chi connectivity index (χ3v) is 3.82. The summed E-state index contributed by atoms with van der Waals surface area (Å²) in [5, 5.41) is 2.93. The van der Waals surface area contributed by atoms with Gasteiger partial charge in [-0.1, -0.05) is 6.07 Å². The van der Waals surface area contributed by atoms with Crippen molar-refractivity contribution < 1.29 is 22.5 Å². The Balaban J connectivity index is 3.36. The van der Waals surface area contributed by atoms with E-state index in [1.54, 1.807) is 27.0 Å². The number of anilines is 1. The van der Waals surface area contributed by atoms with Crippen LogP contribution in [0.25, 0.3) is 0 Å². The van der Waals surface area contributed by atoms with Crippen LogP contribution in [-0.2, 0) is 31.8 Å². The maximum Gasteiger partial charge on any atom is 0.309 e. The zero-order valence-electron chi connectivity index (χ0n) is 12.0. The fourth-order valence-corrected chi connectivity index (χ4v) is 2.90. The molecule has 0 unspecified atom stereocenters. The van der Waals surface area contributed by atoms with Gasteiger partial charge in [0.15, 0.2) is 0 Å². The maximum atomic E-state index is 11.4. The number of esters is 1. The number of methoxy groups -OCH3 is 1. The lowest BCUT2D eigenvalue weighted by molar-refractivity contribution is -0.139. The van der Waals surface area contributed by atoms with E-state index in [0.29, 0.717) is 16.8 Å². The van der Waals surface area contributed by atoms with Gasteiger partial charge >= 0.3 is 5.97 Å². The van der Waals surface area contributed by atoms with Gasteiger partial charge in [0.25, 0.3) is 10.1 Å². The van der Waals surface area contributed by atoms with Gasteiger partial charge in [-0.15, -0.1) is 0 Å². The number of rotatable bonds is 5. The SMILES string of the molecule is CNc1c(C)c(CC(=O)OC)cc(C)c1CS(=O)(=O)O. The van der Waals surface area contributed by atoms with E-state index in [1.807, 2.05) is 0 Å². The van der Waals surface area contributed by atoms with E-state index >= 15 is 0 Å². The van der Waals surface area contributed by atoms with E-state index in [4.69, 9.17) is 4.55 Å². The molecule has 0 aliphatic carbocycles. The number of ether oxygens (including phenoxy) is 1. The number of benzene rings is 1. The summed E-state index contributed by atoms with van der Waals surface area (Å²) in [7, 11) is -1.14. The molecular formula is C13H19NO5S. The van der Waals surface area contributed by atoms with E-state index in [1.165, 1.54) is 7.11 Å². The number of carbonyl (C=O) groups excluding carboxylic acids is 1. The number of hydrogen-bond acceptors (Lipinski definition) is 5. The lowest BCUT2D eigenvalue weighted by atomic mass is 9.96. The molecule has 1 aromatic carbocycles. The first-order valence-electron chi connectivity index (χ1n) is 6.01. The highest BCUT2D eigenvalue weighted by Gasteiger charge is 2.18. The second-order valence-corrected chi connectivity index (χ2v) is 6.01. The first-order chi connectivity index (χ1) is 9.19. The molecule has 0 saturated carbocycles. The minimum absolute atomic E-state index is 0.115. The summed E-state index contributed by atoms with van der Waals surface area (Å²) in [4.78, 5) is 11.4. The molecule has 7 heteroatoms. The highest BCUT2D eigenvalue weighted by Crippen LogP contribution is 2.29. The summed E-state index contributed by atoms with van der Waals surface area (Å²) >= 11 is 0. The van der Waals surface area contributed by atoms with Crippen molar-refractivity contribution in [2.75, 3.05) is 19.5 Å². The molecule has 0 bridgehead atoms. The Bertz CT molecular complexity index is 622. The molecule has 0 fully saturated rings. The molecule has 20 heavy (non-hydrogen) atoms. The Kier molecular flexibility index (Phi) is 5.13. The van der Waals surface area contributed by atoms with Crippen molar-refractivity contribution in [2.24, 2.45) is 0 Å². The van der Waals surface area contributed by atoms with Crippen LogP contribution in [0.2, 0.25) is 0 Å². The summed E-state index contributed by atoms with van der Waals surface area (Å²) in [5.41, 5.74) is 3.33. The number of hydrogen-bond donors (Lipinski definition) is 2. The van der Waals surface area contributed by atoms with Gasteiger partial charge in [0.05, 0.1) is 13.5 Å². The average Bonchev–Trinajstić information content (AvgIpc) is 2.34. The normalized spacial score (nSPS) is 11.2. The molecule has 1 rings (SSSR count). The Morgan fingerprint density at radius 1 is 1.40 bits per heavy atom. The van der Waals surface area contributed by atoms with Crippen LogP contribution in [0.1, 0.15) is 22.3 Å². The molecule has 0 atom stereocenters. The molecule has 1 aromatic rings. The van der Waals surface area contributed by atoms with Gasteiger partial charge in [-0.05, 0) is 36.1 Å². The molecule has 0 radical (unpaired) electrons.